The van der Waals surface area contributed by atoms with Crippen molar-refractivity contribution in [1.29, 1.82) is 0 Å². The van der Waals surface area contributed by atoms with Crippen LogP contribution >= 0.6 is 27.5 Å². The van der Waals surface area contributed by atoms with Gasteiger partial charge in [0.05, 0.1) is 4.47 Å². The molecule has 1 aromatic rings. The first-order chi connectivity index (χ1) is 8.16. The van der Waals surface area contributed by atoms with Gasteiger partial charge in [0.2, 0.25) is 0 Å². The van der Waals surface area contributed by atoms with Gasteiger partial charge in [-0.3, -0.25) is 0 Å². The molecule has 0 aliphatic carbocycles. The maximum Gasteiger partial charge on any atom is 0.148 e. The Kier molecular flexibility index (Phi) is 4.59. The highest BCUT2D eigenvalue weighted by atomic mass is 79.9. The third-order valence-corrected chi connectivity index (χ3v) is 4.13. The first-order valence-corrected chi connectivity index (χ1v) is 6.99. The van der Waals surface area contributed by atoms with E-state index in [1.807, 2.05) is 0 Å². The highest BCUT2D eigenvalue weighted by Gasteiger charge is 2.16. The van der Waals surface area contributed by atoms with Crippen LogP contribution in [0, 0.1) is 0 Å². The van der Waals surface area contributed by atoms with Crippen LogP contribution in [0.4, 0.5) is 5.82 Å². The summed E-state index contributed by atoms with van der Waals surface area (Å²) in [5.41, 5.74) is 0. The van der Waals surface area contributed by atoms with Crippen molar-refractivity contribution in [3.8, 4) is 0 Å². The summed E-state index contributed by atoms with van der Waals surface area (Å²) in [6.07, 6.45) is 4.10. The molecule has 1 unspecified atom stereocenters. The Morgan fingerprint density at radius 2 is 2.18 bits per heavy atom. The summed E-state index contributed by atoms with van der Waals surface area (Å²) in [7, 11) is 0. The van der Waals surface area contributed by atoms with Gasteiger partial charge in [0.15, 0.2) is 0 Å². The molecular formula is C11H16BrClN4. The standard InChI is InChI=1S/C11H16BrClN4/c1-8(6-17-4-2-3-5-17)16-11-9(12)10(13)14-7-15-11/h7-8H,2-6H2,1H3,(H,14,15,16). The molecule has 17 heavy (non-hydrogen) atoms. The quantitative estimate of drug-likeness (QED) is 0.867. The number of aromatic nitrogens is 2. The van der Waals surface area contributed by atoms with Crippen molar-refractivity contribution in [3.63, 3.8) is 0 Å². The zero-order valence-electron chi connectivity index (χ0n) is 9.79. The number of nitrogens with zero attached hydrogens (tertiary/aromatic N) is 3. The van der Waals surface area contributed by atoms with Gasteiger partial charge in [-0.2, -0.15) is 0 Å². The van der Waals surface area contributed by atoms with Crippen LogP contribution < -0.4 is 5.32 Å². The van der Waals surface area contributed by atoms with Gasteiger partial charge in [-0.25, -0.2) is 9.97 Å². The molecule has 94 valence electrons. The summed E-state index contributed by atoms with van der Waals surface area (Å²) < 4.78 is 0.731. The molecule has 0 radical (unpaired) electrons. The topological polar surface area (TPSA) is 41.0 Å². The molecule has 1 aliphatic heterocycles. The Balaban J connectivity index is 1.93. The number of nitrogens with one attached hydrogen (secondary N) is 1. The van der Waals surface area contributed by atoms with E-state index in [4.69, 9.17) is 11.6 Å². The second kappa shape index (κ2) is 5.98. The molecule has 1 aromatic heterocycles. The molecular weight excluding hydrogens is 304 g/mol. The number of halogens is 2. The lowest BCUT2D eigenvalue weighted by molar-refractivity contribution is 0.327. The summed E-state index contributed by atoms with van der Waals surface area (Å²) in [5, 5.41) is 3.79. The minimum atomic E-state index is 0.343. The van der Waals surface area contributed by atoms with Crippen LogP contribution in [0.25, 0.3) is 0 Å². The van der Waals surface area contributed by atoms with E-state index in [0.29, 0.717) is 11.2 Å². The van der Waals surface area contributed by atoms with E-state index in [0.717, 1.165) is 16.8 Å². The van der Waals surface area contributed by atoms with E-state index in [-0.39, 0.29) is 0 Å². The van der Waals surface area contributed by atoms with Crippen LogP contribution in [0.3, 0.4) is 0 Å². The number of likely N-dealkylation sites (tertiary alicyclic amines) is 1. The molecule has 1 N–H and O–H groups in total. The van der Waals surface area contributed by atoms with Gasteiger partial charge in [-0.05, 0) is 48.8 Å². The van der Waals surface area contributed by atoms with Crippen molar-refractivity contribution < 1.29 is 0 Å². The number of hydrogen-bond acceptors (Lipinski definition) is 4. The lowest BCUT2D eigenvalue weighted by Crippen LogP contribution is -2.33. The smallest absolute Gasteiger partial charge is 0.148 e. The first-order valence-electron chi connectivity index (χ1n) is 5.81. The number of anilines is 1. The third kappa shape index (κ3) is 3.53. The zero-order chi connectivity index (χ0) is 12.3. The fraction of sp³-hybridized carbons (Fsp3) is 0.636. The van der Waals surface area contributed by atoms with Crippen molar-refractivity contribution in [1.82, 2.24) is 14.9 Å². The average molecular weight is 320 g/mol. The molecule has 4 nitrogen and oxygen atoms in total. The maximum atomic E-state index is 5.92. The van der Waals surface area contributed by atoms with Crippen LogP contribution in [0.1, 0.15) is 19.8 Å². The molecule has 0 amide bonds. The molecule has 1 saturated heterocycles. The monoisotopic (exact) mass is 318 g/mol. The second-order valence-electron chi connectivity index (χ2n) is 4.38. The number of hydrogen-bond donors (Lipinski definition) is 1. The second-order valence-corrected chi connectivity index (χ2v) is 5.53. The Morgan fingerprint density at radius 1 is 1.47 bits per heavy atom. The normalized spacial score (nSPS) is 18.3. The van der Waals surface area contributed by atoms with Crippen molar-refractivity contribution in [2.45, 2.75) is 25.8 Å². The molecule has 1 fully saturated rings. The minimum Gasteiger partial charge on any atom is -0.365 e. The lowest BCUT2D eigenvalue weighted by atomic mass is 10.3. The van der Waals surface area contributed by atoms with Gasteiger partial charge in [0.1, 0.15) is 17.3 Å². The largest absolute Gasteiger partial charge is 0.365 e. The Morgan fingerprint density at radius 3 is 2.88 bits per heavy atom. The fourth-order valence-corrected chi connectivity index (χ4v) is 2.53. The van der Waals surface area contributed by atoms with Gasteiger partial charge >= 0.3 is 0 Å². The lowest BCUT2D eigenvalue weighted by Gasteiger charge is -2.22. The highest BCUT2D eigenvalue weighted by molar-refractivity contribution is 9.10. The maximum absolute atomic E-state index is 5.92. The van der Waals surface area contributed by atoms with E-state index >= 15 is 0 Å². The van der Waals surface area contributed by atoms with Gasteiger partial charge in [0.25, 0.3) is 0 Å². The zero-order valence-corrected chi connectivity index (χ0v) is 12.1. The Hall–Kier alpha value is -0.390. The molecule has 2 rings (SSSR count). The first kappa shape index (κ1) is 13.1. The third-order valence-electron chi connectivity index (χ3n) is 2.86. The van der Waals surface area contributed by atoms with Crippen molar-refractivity contribution in [3.05, 3.63) is 16.0 Å². The molecule has 6 heteroatoms. The molecule has 0 bridgehead atoms. The highest BCUT2D eigenvalue weighted by Crippen LogP contribution is 2.26. The number of rotatable bonds is 4. The summed E-state index contributed by atoms with van der Waals surface area (Å²) in [6, 6.07) is 0.343. The van der Waals surface area contributed by atoms with Crippen LogP contribution in [0.2, 0.25) is 5.15 Å². The molecule has 0 spiro atoms. The Labute approximate surface area is 115 Å². The van der Waals surface area contributed by atoms with Gasteiger partial charge in [0, 0.05) is 12.6 Å². The van der Waals surface area contributed by atoms with Crippen molar-refractivity contribution in [2.24, 2.45) is 0 Å². The van der Waals surface area contributed by atoms with E-state index in [2.05, 4.69) is 43.0 Å². The van der Waals surface area contributed by atoms with Crippen LogP contribution in [-0.2, 0) is 0 Å². The van der Waals surface area contributed by atoms with E-state index in [1.165, 1.54) is 32.3 Å². The summed E-state index contributed by atoms with van der Waals surface area (Å²) in [4.78, 5) is 10.6. The molecule has 0 saturated carbocycles. The summed E-state index contributed by atoms with van der Waals surface area (Å²) in [6.45, 7) is 5.60. The van der Waals surface area contributed by atoms with E-state index < -0.39 is 0 Å². The van der Waals surface area contributed by atoms with Crippen LogP contribution in [0.15, 0.2) is 10.8 Å². The van der Waals surface area contributed by atoms with E-state index in [1.54, 1.807) is 0 Å². The predicted octanol–water partition coefficient (Wildman–Crippen LogP) is 2.79. The van der Waals surface area contributed by atoms with Gasteiger partial charge in [-0.15, -0.1) is 0 Å². The van der Waals surface area contributed by atoms with Crippen LogP contribution in [0.5, 0.6) is 0 Å². The molecule has 0 aromatic carbocycles. The fourth-order valence-electron chi connectivity index (χ4n) is 2.08. The average Bonchev–Trinajstić information content (AvgIpc) is 2.77. The Bertz CT molecular complexity index is 382. The summed E-state index contributed by atoms with van der Waals surface area (Å²) >= 11 is 9.31. The molecule has 1 atom stereocenters. The minimum absolute atomic E-state index is 0.343. The van der Waals surface area contributed by atoms with Crippen LogP contribution in [-0.4, -0.2) is 40.5 Å². The predicted molar refractivity (Wildman–Crippen MR) is 73.5 cm³/mol. The molecule has 2 heterocycles. The van der Waals surface area contributed by atoms with Crippen molar-refractivity contribution >= 4 is 33.3 Å². The van der Waals surface area contributed by atoms with Crippen molar-refractivity contribution in [2.75, 3.05) is 25.0 Å². The SMILES string of the molecule is CC(CN1CCCC1)Nc1ncnc(Cl)c1Br. The summed E-state index contributed by atoms with van der Waals surface area (Å²) in [5.74, 6) is 0.761. The molecule has 1 aliphatic rings. The van der Waals surface area contributed by atoms with Gasteiger partial charge < -0.3 is 10.2 Å². The van der Waals surface area contributed by atoms with E-state index in [9.17, 15) is 0 Å². The van der Waals surface area contributed by atoms with Gasteiger partial charge in [-0.1, -0.05) is 11.6 Å².